The molecule has 25 heavy (non-hydrogen) atoms. The highest BCUT2D eigenvalue weighted by atomic mass is 16.1. The van der Waals surface area contributed by atoms with E-state index in [0.29, 0.717) is 5.56 Å². The molecule has 1 heterocycles. The van der Waals surface area contributed by atoms with Crippen molar-refractivity contribution >= 4 is 11.4 Å². The Morgan fingerprint density at radius 2 is 1.76 bits per heavy atom. The van der Waals surface area contributed by atoms with Crippen LogP contribution in [0.3, 0.4) is 0 Å². The number of hydrogen-bond acceptors (Lipinski definition) is 2. The third kappa shape index (κ3) is 3.63. The highest BCUT2D eigenvalue weighted by Crippen LogP contribution is 2.16. The van der Waals surface area contributed by atoms with E-state index < -0.39 is 0 Å². The van der Waals surface area contributed by atoms with E-state index in [2.05, 4.69) is 17.0 Å². The molecule has 0 aliphatic heterocycles. The third-order valence-electron chi connectivity index (χ3n) is 4.17. The van der Waals surface area contributed by atoms with Gasteiger partial charge in [0.15, 0.2) is 0 Å². The van der Waals surface area contributed by atoms with Gasteiger partial charge in [-0.15, -0.1) is 0 Å². The molecule has 2 aromatic carbocycles. The number of aromatic amines is 1. The molecule has 0 fully saturated rings. The molecule has 0 saturated heterocycles. The summed E-state index contributed by atoms with van der Waals surface area (Å²) in [5.74, 6) is 0. The largest absolute Gasteiger partial charge is 0.294 e. The van der Waals surface area contributed by atoms with Crippen LogP contribution < -0.4 is 5.56 Å². The van der Waals surface area contributed by atoms with Gasteiger partial charge in [-0.05, 0) is 44.5 Å². The summed E-state index contributed by atoms with van der Waals surface area (Å²) in [5.41, 5.74) is 5.18. The molecule has 4 nitrogen and oxygen atoms in total. The first-order chi connectivity index (χ1) is 12.1. The van der Waals surface area contributed by atoms with Gasteiger partial charge in [0.1, 0.15) is 0 Å². The van der Waals surface area contributed by atoms with Crippen LogP contribution >= 0.6 is 0 Å². The first-order valence-electron chi connectivity index (χ1n) is 8.61. The Labute approximate surface area is 147 Å². The van der Waals surface area contributed by atoms with E-state index in [9.17, 15) is 4.79 Å². The smallest absolute Gasteiger partial charge is 0.280 e. The molecule has 4 heteroatoms. The zero-order valence-electron chi connectivity index (χ0n) is 14.9. The quantitative estimate of drug-likeness (QED) is 0.683. The van der Waals surface area contributed by atoms with Crippen molar-refractivity contribution in [2.75, 3.05) is 0 Å². The van der Waals surface area contributed by atoms with Gasteiger partial charge in [0.25, 0.3) is 5.56 Å². The van der Waals surface area contributed by atoms with Crippen LogP contribution in [-0.2, 0) is 6.42 Å². The number of aromatic nitrogens is 2. The van der Waals surface area contributed by atoms with Crippen molar-refractivity contribution in [2.45, 2.75) is 33.6 Å². The number of nitrogens with one attached hydrogen (secondary N) is 1. The van der Waals surface area contributed by atoms with Crippen molar-refractivity contribution in [2.24, 2.45) is 4.99 Å². The molecule has 1 aromatic heterocycles. The van der Waals surface area contributed by atoms with Gasteiger partial charge in [0, 0.05) is 5.69 Å². The predicted octanol–water partition coefficient (Wildman–Crippen LogP) is 4.57. The summed E-state index contributed by atoms with van der Waals surface area (Å²) >= 11 is 0. The summed E-state index contributed by atoms with van der Waals surface area (Å²) < 4.78 is 1.61. The van der Waals surface area contributed by atoms with Crippen LogP contribution in [0, 0.1) is 6.92 Å². The first kappa shape index (κ1) is 17.0. The van der Waals surface area contributed by atoms with E-state index in [1.54, 1.807) is 4.68 Å². The van der Waals surface area contributed by atoms with E-state index in [4.69, 9.17) is 0 Å². The van der Waals surface area contributed by atoms with Crippen molar-refractivity contribution in [3.8, 4) is 5.69 Å². The second kappa shape index (κ2) is 7.34. The lowest BCUT2D eigenvalue weighted by molar-refractivity contribution is 0.793. The predicted molar refractivity (Wildman–Crippen MR) is 103 cm³/mol. The maximum Gasteiger partial charge on any atom is 0.280 e. The zero-order chi connectivity index (χ0) is 17.8. The van der Waals surface area contributed by atoms with E-state index in [0.717, 1.165) is 35.6 Å². The molecule has 128 valence electrons. The van der Waals surface area contributed by atoms with E-state index >= 15 is 0 Å². The molecule has 0 spiro atoms. The maximum absolute atomic E-state index is 13.0. The van der Waals surface area contributed by atoms with Crippen LogP contribution in [0.25, 0.3) is 5.69 Å². The Balaban J connectivity index is 2.09. The summed E-state index contributed by atoms with van der Waals surface area (Å²) in [6, 6.07) is 17.6. The fourth-order valence-corrected chi connectivity index (χ4v) is 2.91. The van der Waals surface area contributed by atoms with Gasteiger partial charge < -0.3 is 0 Å². The van der Waals surface area contributed by atoms with E-state index in [-0.39, 0.29) is 5.56 Å². The summed E-state index contributed by atoms with van der Waals surface area (Å²) in [6.07, 6.45) is 1.77. The van der Waals surface area contributed by atoms with Crippen molar-refractivity contribution in [3.05, 3.63) is 81.8 Å². The lowest BCUT2D eigenvalue weighted by Crippen LogP contribution is -2.19. The number of H-pyrrole nitrogens is 1. The Kier molecular flexibility index (Phi) is 4.98. The second-order valence-electron chi connectivity index (χ2n) is 6.22. The van der Waals surface area contributed by atoms with Crippen LogP contribution in [-0.4, -0.2) is 15.5 Å². The molecular weight excluding hydrogens is 310 g/mol. The van der Waals surface area contributed by atoms with Crippen molar-refractivity contribution in [3.63, 3.8) is 0 Å². The van der Waals surface area contributed by atoms with Crippen LogP contribution in [0.1, 0.15) is 37.1 Å². The van der Waals surface area contributed by atoms with Crippen molar-refractivity contribution in [1.82, 2.24) is 9.78 Å². The summed E-state index contributed by atoms with van der Waals surface area (Å²) in [6.45, 7) is 6.05. The van der Waals surface area contributed by atoms with Gasteiger partial charge >= 0.3 is 0 Å². The number of aryl methyl sites for hydroxylation is 2. The van der Waals surface area contributed by atoms with Crippen LogP contribution in [0.2, 0.25) is 0 Å². The Morgan fingerprint density at radius 3 is 2.40 bits per heavy atom. The molecule has 3 aromatic rings. The van der Waals surface area contributed by atoms with Gasteiger partial charge in [-0.25, -0.2) is 4.68 Å². The molecule has 0 aliphatic rings. The van der Waals surface area contributed by atoms with Gasteiger partial charge in [-0.2, -0.15) is 0 Å². The summed E-state index contributed by atoms with van der Waals surface area (Å²) in [4.78, 5) is 17.7. The van der Waals surface area contributed by atoms with Crippen LogP contribution in [0.4, 0.5) is 5.69 Å². The minimum Gasteiger partial charge on any atom is -0.294 e. The number of para-hydroxylation sites is 1. The lowest BCUT2D eigenvalue weighted by atomic mass is 10.1. The maximum atomic E-state index is 13.0. The Hall–Kier alpha value is -2.88. The summed E-state index contributed by atoms with van der Waals surface area (Å²) in [5, 5.41) is 3.27. The molecule has 0 bridgehead atoms. The van der Waals surface area contributed by atoms with Crippen LogP contribution in [0.15, 0.2) is 64.4 Å². The molecule has 0 atom stereocenters. The molecule has 0 unspecified atom stereocenters. The number of hydrogen-bond donors (Lipinski definition) is 1. The fraction of sp³-hybridized carbons (Fsp3) is 0.238. The standard InChI is InChI=1S/C21H23N3O/c1-4-8-19-20(16(3)22-17-13-11-15(2)12-14-17)21(25)24(23-19)18-9-6-5-7-10-18/h5-7,9-14,23H,4,8H2,1-3H3. The van der Waals surface area contributed by atoms with E-state index in [1.165, 1.54) is 5.56 Å². The molecule has 0 amide bonds. The number of aliphatic imine (C=N–C) groups is 1. The minimum atomic E-state index is -0.0528. The molecular formula is C21H23N3O. The van der Waals surface area contributed by atoms with Gasteiger partial charge in [0.2, 0.25) is 0 Å². The number of benzene rings is 2. The highest BCUT2D eigenvalue weighted by Gasteiger charge is 2.17. The van der Waals surface area contributed by atoms with Crippen LogP contribution in [0.5, 0.6) is 0 Å². The topological polar surface area (TPSA) is 50.1 Å². The monoisotopic (exact) mass is 333 g/mol. The third-order valence-corrected chi connectivity index (χ3v) is 4.17. The highest BCUT2D eigenvalue weighted by molar-refractivity contribution is 6.01. The Bertz CT molecular complexity index is 932. The van der Waals surface area contributed by atoms with Crippen molar-refractivity contribution < 1.29 is 0 Å². The zero-order valence-corrected chi connectivity index (χ0v) is 14.9. The lowest BCUT2D eigenvalue weighted by Gasteiger charge is -2.01. The summed E-state index contributed by atoms with van der Waals surface area (Å²) in [7, 11) is 0. The average Bonchev–Trinajstić information content (AvgIpc) is 2.94. The molecule has 0 radical (unpaired) electrons. The first-order valence-corrected chi connectivity index (χ1v) is 8.61. The SMILES string of the molecule is CCCc1[nH]n(-c2ccccc2)c(=O)c1C(C)=Nc1ccc(C)cc1. The normalized spacial score (nSPS) is 11.7. The minimum absolute atomic E-state index is 0.0528. The molecule has 3 rings (SSSR count). The number of rotatable bonds is 5. The van der Waals surface area contributed by atoms with Crippen molar-refractivity contribution in [1.29, 1.82) is 0 Å². The average molecular weight is 333 g/mol. The molecule has 1 N–H and O–H groups in total. The molecule has 0 aliphatic carbocycles. The van der Waals surface area contributed by atoms with Gasteiger partial charge in [-0.1, -0.05) is 49.2 Å². The fourth-order valence-electron chi connectivity index (χ4n) is 2.91. The van der Waals surface area contributed by atoms with Gasteiger partial charge in [0.05, 0.1) is 22.6 Å². The second-order valence-corrected chi connectivity index (χ2v) is 6.22. The van der Waals surface area contributed by atoms with Gasteiger partial charge in [-0.3, -0.25) is 14.9 Å². The Morgan fingerprint density at radius 1 is 1.08 bits per heavy atom. The number of nitrogens with zero attached hydrogens (tertiary/aromatic N) is 2. The molecule has 0 saturated carbocycles. The van der Waals surface area contributed by atoms with E-state index in [1.807, 2.05) is 68.4 Å².